The van der Waals surface area contributed by atoms with Gasteiger partial charge >= 0.3 is 0 Å². The van der Waals surface area contributed by atoms with Crippen molar-refractivity contribution in [2.24, 2.45) is 0 Å². The van der Waals surface area contributed by atoms with Crippen molar-refractivity contribution in [2.75, 3.05) is 13.1 Å². The standard InChI is InChI=1S/C14H15ClFN3O2/c15-12-7-9(16)1-2-11(12)14-18-13(21-19-14)8-20-10-3-5-17-6-4-10/h1-2,7,10,17H,3-6,8H2. The topological polar surface area (TPSA) is 60.2 Å². The summed E-state index contributed by atoms with van der Waals surface area (Å²) in [6.07, 6.45) is 2.17. The van der Waals surface area contributed by atoms with Crippen molar-refractivity contribution in [1.82, 2.24) is 15.5 Å². The molecule has 0 aliphatic carbocycles. The monoisotopic (exact) mass is 311 g/mol. The number of hydrogen-bond donors (Lipinski definition) is 1. The first-order valence-electron chi connectivity index (χ1n) is 6.83. The Kier molecular flexibility index (Phi) is 4.48. The summed E-state index contributed by atoms with van der Waals surface area (Å²) in [5.74, 6) is 0.328. The van der Waals surface area contributed by atoms with Crippen molar-refractivity contribution in [3.8, 4) is 11.4 Å². The van der Waals surface area contributed by atoms with Gasteiger partial charge in [-0.05, 0) is 44.1 Å². The zero-order valence-corrected chi connectivity index (χ0v) is 12.1. The SMILES string of the molecule is Fc1ccc(-c2noc(COC3CCNCC3)n2)c(Cl)c1. The lowest BCUT2D eigenvalue weighted by molar-refractivity contribution is 0.00859. The first-order valence-corrected chi connectivity index (χ1v) is 7.20. The van der Waals surface area contributed by atoms with Crippen LogP contribution in [-0.4, -0.2) is 29.3 Å². The number of piperidine rings is 1. The molecule has 1 N–H and O–H groups in total. The van der Waals surface area contributed by atoms with Gasteiger partial charge in [-0.15, -0.1) is 0 Å². The summed E-state index contributed by atoms with van der Waals surface area (Å²) < 4.78 is 23.9. The second-order valence-electron chi connectivity index (χ2n) is 4.90. The Hall–Kier alpha value is -1.50. The van der Waals surface area contributed by atoms with Crippen molar-refractivity contribution in [2.45, 2.75) is 25.6 Å². The summed E-state index contributed by atoms with van der Waals surface area (Å²) in [7, 11) is 0. The molecule has 0 bridgehead atoms. The molecule has 21 heavy (non-hydrogen) atoms. The summed E-state index contributed by atoms with van der Waals surface area (Å²) in [5, 5.41) is 7.38. The van der Waals surface area contributed by atoms with Gasteiger partial charge in [0.15, 0.2) is 0 Å². The molecular formula is C14H15ClFN3O2. The van der Waals surface area contributed by atoms with Gasteiger partial charge in [-0.1, -0.05) is 16.8 Å². The molecule has 0 unspecified atom stereocenters. The third-order valence-corrected chi connectivity index (χ3v) is 3.68. The van der Waals surface area contributed by atoms with Crippen molar-refractivity contribution < 1.29 is 13.7 Å². The molecule has 5 nitrogen and oxygen atoms in total. The zero-order chi connectivity index (χ0) is 14.7. The van der Waals surface area contributed by atoms with Crippen molar-refractivity contribution in [3.63, 3.8) is 0 Å². The predicted molar refractivity (Wildman–Crippen MR) is 75.4 cm³/mol. The van der Waals surface area contributed by atoms with E-state index in [-0.39, 0.29) is 17.7 Å². The number of ether oxygens (including phenoxy) is 1. The lowest BCUT2D eigenvalue weighted by Gasteiger charge is -2.21. The normalized spacial score (nSPS) is 16.3. The largest absolute Gasteiger partial charge is 0.368 e. The Morgan fingerprint density at radius 3 is 2.95 bits per heavy atom. The van der Waals surface area contributed by atoms with E-state index in [2.05, 4.69) is 15.5 Å². The average Bonchev–Trinajstić information content (AvgIpc) is 2.95. The van der Waals surface area contributed by atoms with Gasteiger partial charge in [0.2, 0.25) is 5.82 Å². The molecule has 0 spiro atoms. The minimum Gasteiger partial charge on any atom is -0.368 e. The average molecular weight is 312 g/mol. The highest BCUT2D eigenvalue weighted by atomic mass is 35.5. The molecule has 112 valence electrons. The first-order chi connectivity index (χ1) is 10.2. The van der Waals surface area contributed by atoms with Gasteiger partial charge in [-0.2, -0.15) is 4.98 Å². The molecule has 0 atom stereocenters. The van der Waals surface area contributed by atoms with Crippen molar-refractivity contribution in [1.29, 1.82) is 0 Å². The number of nitrogens with zero attached hydrogens (tertiary/aromatic N) is 2. The highest BCUT2D eigenvalue weighted by molar-refractivity contribution is 6.33. The van der Waals surface area contributed by atoms with E-state index < -0.39 is 5.82 Å². The molecule has 7 heteroatoms. The molecule has 0 saturated carbocycles. The van der Waals surface area contributed by atoms with E-state index in [1.54, 1.807) is 0 Å². The van der Waals surface area contributed by atoms with Gasteiger partial charge in [0.05, 0.1) is 11.1 Å². The molecule has 1 fully saturated rings. The summed E-state index contributed by atoms with van der Waals surface area (Å²) in [4.78, 5) is 4.23. The van der Waals surface area contributed by atoms with Crippen LogP contribution in [0.4, 0.5) is 4.39 Å². The third kappa shape index (κ3) is 3.58. The fourth-order valence-electron chi connectivity index (χ4n) is 2.24. The molecule has 1 aliphatic rings. The highest BCUT2D eigenvalue weighted by Gasteiger charge is 2.16. The van der Waals surface area contributed by atoms with Gasteiger partial charge in [0.25, 0.3) is 5.89 Å². The summed E-state index contributed by atoms with van der Waals surface area (Å²) >= 11 is 5.97. The van der Waals surface area contributed by atoms with Crippen LogP contribution in [0.1, 0.15) is 18.7 Å². The minimum absolute atomic E-state index is 0.219. The van der Waals surface area contributed by atoms with Gasteiger partial charge in [0, 0.05) is 5.56 Å². The predicted octanol–water partition coefficient (Wildman–Crippen LogP) is 2.80. The number of rotatable bonds is 4. The van der Waals surface area contributed by atoms with Crippen molar-refractivity contribution >= 4 is 11.6 Å². The van der Waals surface area contributed by atoms with E-state index in [0.29, 0.717) is 17.3 Å². The van der Waals surface area contributed by atoms with Gasteiger partial charge in [-0.3, -0.25) is 0 Å². The van der Waals surface area contributed by atoms with Crippen molar-refractivity contribution in [3.05, 3.63) is 34.9 Å². The quantitative estimate of drug-likeness (QED) is 0.941. The molecule has 1 aromatic heterocycles. The molecule has 2 heterocycles. The Bertz CT molecular complexity index is 614. The van der Waals surface area contributed by atoms with Gasteiger partial charge in [0.1, 0.15) is 12.4 Å². The van der Waals surface area contributed by atoms with Crippen LogP contribution in [0.3, 0.4) is 0 Å². The Labute approximate surface area is 126 Å². The maximum absolute atomic E-state index is 13.0. The Morgan fingerprint density at radius 2 is 2.19 bits per heavy atom. The second-order valence-corrected chi connectivity index (χ2v) is 5.30. The van der Waals surface area contributed by atoms with E-state index in [1.165, 1.54) is 18.2 Å². The molecule has 0 amide bonds. The molecule has 2 aromatic rings. The molecule has 1 aromatic carbocycles. The third-order valence-electron chi connectivity index (χ3n) is 3.37. The van der Waals surface area contributed by atoms with E-state index in [4.69, 9.17) is 20.9 Å². The highest BCUT2D eigenvalue weighted by Crippen LogP contribution is 2.26. The maximum Gasteiger partial charge on any atom is 0.252 e. The van der Waals surface area contributed by atoms with Crippen LogP contribution >= 0.6 is 11.6 Å². The van der Waals surface area contributed by atoms with Crippen LogP contribution in [0.2, 0.25) is 5.02 Å². The molecule has 1 saturated heterocycles. The van der Waals surface area contributed by atoms with Crippen LogP contribution in [0.5, 0.6) is 0 Å². The number of aromatic nitrogens is 2. The second kappa shape index (κ2) is 6.51. The fraction of sp³-hybridized carbons (Fsp3) is 0.429. The minimum atomic E-state index is -0.401. The van der Waals surface area contributed by atoms with E-state index in [9.17, 15) is 4.39 Å². The smallest absolute Gasteiger partial charge is 0.252 e. The van der Waals surface area contributed by atoms with Crippen LogP contribution in [0, 0.1) is 5.82 Å². The maximum atomic E-state index is 13.0. The zero-order valence-electron chi connectivity index (χ0n) is 11.3. The molecule has 1 aliphatic heterocycles. The van der Waals surface area contributed by atoms with Gasteiger partial charge < -0.3 is 14.6 Å². The van der Waals surface area contributed by atoms with Crippen LogP contribution in [0.15, 0.2) is 22.7 Å². The van der Waals surface area contributed by atoms with Crippen LogP contribution < -0.4 is 5.32 Å². The van der Waals surface area contributed by atoms with E-state index >= 15 is 0 Å². The Morgan fingerprint density at radius 1 is 1.38 bits per heavy atom. The molecule has 3 rings (SSSR count). The summed E-state index contributed by atoms with van der Waals surface area (Å²) in [5.41, 5.74) is 0.537. The van der Waals surface area contributed by atoms with E-state index in [0.717, 1.165) is 25.9 Å². The lowest BCUT2D eigenvalue weighted by atomic mass is 10.1. The lowest BCUT2D eigenvalue weighted by Crippen LogP contribution is -2.32. The number of benzene rings is 1. The van der Waals surface area contributed by atoms with Gasteiger partial charge in [-0.25, -0.2) is 4.39 Å². The number of halogens is 2. The molecule has 0 radical (unpaired) electrons. The summed E-state index contributed by atoms with van der Waals surface area (Å²) in [6.45, 7) is 2.20. The number of nitrogens with one attached hydrogen (secondary N) is 1. The van der Waals surface area contributed by atoms with Crippen LogP contribution in [0.25, 0.3) is 11.4 Å². The fourth-order valence-corrected chi connectivity index (χ4v) is 2.50. The summed E-state index contributed by atoms with van der Waals surface area (Å²) in [6, 6.07) is 4.06. The first kappa shape index (κ1) is 14.4. The molecular weight excluding hydrogens is 297 g/mol. The Balaban J connectivity index is 1.65. The van der Waals surface area contributed by atoms with Crippen LogP contribution in [-0.2, 0) is 11.3 Å². The van der Waals surface area contributed by atoms with E-state index in [1.807, 2.05) is 0 Å². The number of hydrogen-bond acceptors (Lipinski definition) is 5.